The van der Waals surface area contributed by atoms with Crippen LogP contribution in [0.5, 0.6) is 5.75 Å². The third-order valence-corrected chi connectivity index (χ3v) is 4.84. The zero-order valence-electron chi connectivity index (χ0n) is 16.6. The molecule has 2 atom stereocenters. The lowest BCUT2D eigenvalue weighted by molar-refractivity contribution is -0.138. The van der Waals surface area contributed by atoms with Crippen LogP contribution in [0, 0.1) is 0 Å². The number of aliphatic carboxylic acids is 1. The molecule has 1 amide bonds. The summed E-state index contributed by atoms with van der Waals surface area (Å²) < 4.78 is 6.24. The molecule has 5 heteroatoms. The largest absolute Gasteiger partial charge is 0.489 e. The smallest absolute Gasteiger partial charge is 0.325 e. The Morgan fingerprint density at radius 1 is 0.966 bits per heavy atom. The number of nitrogens with one attached hydrogen (secondary N) is 1. The second-order valence-electron chi connectivity index (χ2n) is 7.15. The van der Waals surface area contributed by atoms with Crippen molar-refractivity contribution >= 4 is 22.6 Å². The third-order valence-electron chi connectivity index (χ3n) is 4.84. The van der Waals surface area contributed by atoms with Crippen molar-refractivity contribution in [1.82, 2.24) is 5.32 Å². The molecule has 0 bridgehead atoms. The Morgan fingerprint density at radius 2 is 1.66 bits per heavy atom. The molecule has 0 heterocycles. The fourth-order valence-electron chi connectivity index (χ4n) is 3.16. The molecule has 0 aliphatic heterocycles. The topological polar surface area (TPSA) is 75.6 Å². The van der Waals surface area contributed by atoms with E-state index < -0.39 is 17.9 Å². The van der Waals surface area contributed by atoms with Gasteiger partial charge in [0, 0.05) is 5.39 Å². The molecule has 0 spiro atoms. The first-order valence-corrected chi connectivity index (χ1v) is 9.71. The van der Waals surface area contributed by atoms with Crippen molar-refractivity contribution in [3.8, 4) is 5.75 Å². The monoisotopic (exact) mass is 391 g/mol. The van der Waals surface area contributed by atoms with Gasteiger partial charge in [-0.2, -0.15) is 0 Å². The van der Waals surface area contributed by atoms with Crippen molar-refractivity contribution in [3.63, 3.8) is 0 Å². The molecule has 0 fully saturated rings. The number of carboxylic acids is 1. The minimum atomic E-state index is -1.09. The molecular weight excluding hydrogens is 366 g/mol. The molecule has 0 aromatic heterocycles. The van der Waals surface area contributed by atoms with E-state index in [1.807, 2.05) is 55.5 Å². The molecule has 0 aliphatic carbocycles. The highest BCUT2D eigenvalue weighted by atomic mass is 16.5. The summed E-state index contributed by atoms with van der Waals surface area (Å²) >= 11 is 0. The molecule has 3 rings (SSSR count). The zero-order chi connectivity index (χ0) is 20.8. The average Bonchev–Trinajstić information content (AvgIpc) is 2.73. The Morgan fingerprint density at radius 3 is 2.38 bits per heavy atom. The molecule has 0 saturated carbocycles. The van der Waals surface area contributed by atoms with Crippen LogP contribution >= 0.6 is 0 Å². The van der Waals surface area contributed by atoms with Gasteiger partial charge in [0.1, 0.15) is 11.8 Å². The number of ether oxygens (including phenoxy) is 1. The number of aryl methyl sites for hydroxylation is 1. The summed E-state index contributed by atoms with van der Waals surface area (Å²) in [5.41, 5.74) is 1.57. The quantitative estimate of drug-likeness (QED) is 0.595. The highest BCUT2D eigenvalue weighted by Crippen LogP contribution is 2.31. The van der Waals surface area contributed by atoms with Crippen LogP contribution in [0.15, 0.2) is 66.7 Å². The fourth-order valence-corrected chi connectivity index (χ4v) is 3.16. The second kappa shape index (κ2) is 9.24. The lowest BCUT2D eigenvalue weighted by Gasteiger charge is -2.20. The molecule has 3 aromatic rings. The SMILES string of the molecule is CC(CCc1ccccc1)Oc1c(C(=O)N[C@H](C)C(=O)O)ccc2ccccc12. The van der Waals surface area contributed by atoms with Crippen LogP contribution < -0.4 is 10.1 Å². The maximum absolute atomic E-state index is 12.7. The van der Waals surface area contributed by atoms with E-state index in [1.54, 1.807) is 6.07 Å². The van der Waals surface area contributed by atoms with Crippen LogP contribution in [-0.2, 0) is 11.2 Å². The van der Waals surface area contributed by atoms with Gasteiger partial charge >= 0.3 is 5.97 Å². The summed E-state index contributed by atoms with van der Waals surface area (Å²) in [5.74, 6) is -1.06. The molecule has 150 valence electrons. The number of carboxylic acid groups (broad SMARTS) is 1. The predicted octanol–water partition coefficient (Wildman–Crippen LogP) is 4.44. The summed E-state index contributed by atoms with van der Waals surface area (Å²) in [4.78, 5) is 23.8. The van der Waals surface area contributed by atoms with Gasteiger partial charge in [-0.25, -0.2) is 0 Å². The molecule has 3 aromatic carbocycles. The number of amides is 1. The average molecular weight is 391 g/mol. The number of benzene rings is 3. The minimum Gasteiger partial charge on any atom is -0.489 e. The lowest BCUT2D eigenvalue weighted by atomic mass is 10.0. The van der Waals surface area contributed by atoms with E-state index in [2.05, 4.69) is 17.4 Å². The predicted molar refractivity (Wildman–Crippen MR) is 113 cm³/mol. The van der Waals surface area contributed by atoms with Gasteiger partial charge in [0.05, 0.1) is 11.7 Å². The number of carbonyl (C=O) groups excluding carboxylic acids is 1. The third kappa shape index (κ3) is 5.13. The standard InChI is InChI=1S/C24H25NO4/c1-16(12-13-18-8-4-3-5-9-18)29-22-20-11-7-6-10-19(20)14-15-21(22)23(26)25-17(2)24(27)28/h3-11,14-17H,12-13H2,1-2H3,(H,25,26)(H,27,28)/t16?,17-/m1/s1. The molecular formula is C24H25NO4. The summed E-state index contributed by atoms with van der Waals surface area (Å²) in [5, 5.41) is 13.4. The number of hydrogen-bond donors (Lipinski definition) is 2. The fraction of sp³-hybridized carbons (Fsp3) is 0.250. The van der Waals surface area contributed by atoms with Crippen LogP contribution in [0.2, 0.25) is 0 Å². The van der Waals surface area contributed by atoms with Gasteiger partial charge in [-0.05, 0) is 43.7 Å². The van der Waals surface area contributed by atoms with E-state index in [1.165, 1.54) is 12.5 Å². The van der Waals surface area contributed by atoms with Gasteiger partial charge in [-0.3, -0.25) is 9.59 Å². The van der Waals surface area contributed by atoms with Gasteiger partial charge < -0.3 is 15.2 Å². The van der Waals surface area contributed by atoms with Crippen LogP contribution in [0.25, 0.3) is 10.8 Å². The summed E-state index contributed by atoms with van der Waals surface area (Å²) in [6.07, 6.45) is 1.54. The van der Waals surface area contributed by atoms with Gasteiger partial charge in [-0.15, -0.1) is 0 Å². The molecule has 1 unspecified atom stereocenters. The van der Waals surface area contributed by atoms with Crippen molar-refractivity contribution in [2.75, 3.05) is 0 Å². The van der Waals surface area contributed by atoms with E-state index in [0.29, 0.717) is 11.3 Å². The van der Waals surface area contributed by atoms with Crippen molar-refractivity contribution in [1.29, 1.82) is 0 Å². The van der Waals surface area contributed by atoms with Gasteiger partial charge in [0.15, 0.2) is 0 Å². The summed E-state index contributed by atoms with van der Waals surface area (Å²) in [7, 11) is 0. The van der Waals surface area contributed by atoms with Crippen molar-refractivity contribution < 1.29 is 19.4 Å². The van der Waals surface area contributed by atoms with Crippen LogP contribution in [0.1, 0.15) is 36.2 Å². The van der Waals surface area contributed by atoms with E-state index in [9.17, 15) is 9.59 Å². The molecule has 0 saturated heterocycles. The van der Waals surface area contributed by atoms with Crippen LogP contribution in [0.3, 0.4) is 0 Å². The van der Waals surface area contributed by atoms with E-state index in [-0.39, 0.29) is 6.10 Å². The first-order chi connectivity index (χ1) is 14.0. The number of rotatable bonds is 8. The molecule has 5 nitrogen and oxygen atoms in total. The van der Waals surface area contributed by atoms with Gasteiger partial charge in [0.2, 0.25) is 0 Å². The van der Waals surface area contributed by atoms with Crippen molar-refractivity contribution in [3.05, 3.63) is 77.9 Å². The maximum Gasteiger partial charge on any atom is 0.325 e. The number of hydrogen-bond acceptors (Lipinski definition) is 3. The van der Waals surface area contributed by atoms with Crippen LogP contribution in [-0.4, -0.2) is 29.1 Å². The molecule has 29 heavy (non-hydrogen) atoms. The Bertz CT molecular complexity index is 1000. The molecule has 2 N–H and O–H groups in total. The first-order valence-electron chi connectivity index (χ1n) is 9.71. The summed E-state index contributed by atoms with van der Waals surface area (Å²) in [6, 6.07) is 20.4. The van der Waals surface area contributed by atoms with E-state index in [4.69, 9.17) is 9.84 Å². The lowest BCUT2D eigenvalue weighted by Crippen LogP contribution is -2.38. The van der Waals surface area contributed by atoms with Gasteiger partial charge in [0.25, 0.3) is 5.91 Å². The molecule has 0 aliphatic rings. The Balaban J connectivity index is 1.85. The Hall–Kier alpha value is -3.34. The molecule has 0 radical (unpaired) electrons. The van der Waals surface area contributed by atoms with E-state index >= 15 is 0 Å². The Kier molecular flexibility index (Phi) is 6.50. The normalized spacial score (nSPS) is 12.9. The summed E-state index contributed by atoms with van der Waals surface area (Å²) in [6.45, 7) is 3.41. The highest BCUT2D eigenvalue weighted by molar-refractivity contribution is 6.04. The number of carbonyl (C=O) groups is 2. The second-order valence-corrected chi connectivity index (χ2v) is 7.15. The maximum atomic E-state index is 12.7. The Labute approximate surface area is 170 Å². The highest BCUT2D eigenvalue weighted by Gasteiger charge is 2.21. The van der Waals surface area contributed by atoms with Crippen molar-refractivity contribution in [2.24, 2.45) is 0 Å². The first kappa shape index (κ1) is 20.4. The van der Waals surface area contributed by atoms with Gasteiger partial charge in [-0.1, -0.05) is 60.7 Å². The van der Waals surface area contributed by atoms with Crippen LogP contribution in [0.4, 0.5) is 0 Å². The van der Waals surface area contributed by atoms with Crippen molar-refractivity contribution in [2.45, 2.75) is 38.8 Å². The van der Waals surface area contributed by atoms with E-state index in [0.717, 1.165) is 23.6 Å². The minimum absolute atomic E-state index is 0.121. The number of fused-ring (bicyclic) bond motifs is 1. The zero-order valence-corrected chi connectivity index (χ0v) is 16.6.